The van der Waals surface area contributed by atoms with Crippen molar-refractivity contribution in [1.29, 1.82) is 0 Å². The van der Waals surface area contributed by atoms with E-state index in [-0.39, 0.29) is 0 Å². The van der Waals surface area contributed by atoms with E-state index in [1.165, 1.54) is 37.1 Å². The summed E-state index contributed by atoms with van der Waals surface area (Å²) in [6.45, 7) is 6.27. The van der Waals surface area contributed by atoms with E-state index in [4.69, 9.17) is 5.73 Å². The summed E-state index contributed by atoms with van der Waals surface area (Å²) in [5.41, 5.74) is 8.22. The Morgan fingerprint density at radius 3 is 2.83 bits per heavy atom. The lowest BCUT2D eigenvalue weighted by molar-refractivity contribution is 0.592. The lowest BCUT2D eigenvalue weighted by atomic mass is 10.1. The maximum atomic E-state index is 5.75. The van der Waals surface area contributed by atoms with Gasteiger partial charge in [0.2, 0.25) is 0 Å². The molecule has 2 N–H and O–H groups in total. The number of hydrogen-bond acceptors (Lipinski definition) is 3. The molecular formula is C14H26N4. The summed E-state index contributed by atoms with van der Waals surface area (Å²) in [6, 6.07) is 0.610. The summed E-state index contributed by atoms with van der Waals surface area (Å²) in [4.78, 5) is 2.54. The second-order valence-electron chi connectivity index (χ2n) is 5.44. The van der Waals surface area contributed by atoms with Gasteiger partial charge in [-0.1, -0.05) is 12.8 Å². The third-order valence-electron chi connectivity index (χ3n) is 4.03. The van der Waals surface area contributed by atoms with Crippen LogP contribution in [0.1, 0.15) is 43.9 Å². The summed E-state index contributed by atoms with van der Waals surface area (Å²) in [5.74, 6) is 1.30. The topological polar surface area (TPSA) is 47.1 Å². The first-order valence-corrected chi connectivity index (χ1v) is 7.14. The molecule has 0 radical (unpaired) electrons. The molecule has 102 valence electrons. The van der Waals surface area contributed by atoms with Crippen LogP contribution in [0.4, 0.5) is 5.82 Å². The Hall–Kier alpha value is -1.03. The monoisotopic (exact) mass is 250 g/mol. The first kappa shape index (κ1) is 13.4. The van der Waals surface area contributed by atoms with E-state index in [9.17, 15) is 0 Å². The zero-order chi connectivity index (χ0) is 13.1. The fourth-order valence-corrected chi connectivity index (χ4v) is 3.08. The Balaban J connectivity index is 2.35. The molecule has 0 amide bonds. The second kappa shape index (κ2) is 5.74. The van der Waals surface area contributed by atoms with Crippen molar-refractivity contribution in [1.82, 2.24) is 9.78 Å². The average Bonchev–Trinajstić information content (AvgIpc) is 2.51. The van der Waals surface area contributed by atoms with Gasteiger partial charge >= 0.3 is 0 Å². The van der Waals surface area contributed by atoms with E-state index in [0.29, 0.717) is 12.6 Å². The van der Waals surface area contributed by atoms with E-state index >= 15 is 0 Å². The molecule has 1 unspecified atom stereocenters. The van der Waals surface area contributed by atoms with Crippen LogP contribution in [0.5, 0.6) is 0 Å². The maximum Gasteiger partial charge on any atom is 0.130 e. The predicted molar refractivity (Wildman–Crippen MR) is 76.0 cm³/mol. The Morgan fingerprint density at radius 2 is 2.11 bits per heavy atom. The largest absolute Gasteiger partial charge is 0.354 e. The third-order valence-corrected chi connectivity index (χ3v) is 4.03. The normalized spacial score (nSPS) is 21.1. The third kappa shape index (κ3) is 2.53. The summed E-state index contributed by atoms with van der Waals surface area (Å²) >= 11 is 0. The lowest BCUT2D eigenvalue weighted by Gasteiger charge is -2.30. The van der Waals surface area contributed by atoms with Crippen molar-refractivity contribution in [3.05, 3.63) is 11.3 Å². The number of rotatable bonds is 3. The summed E-state index contributed by atoms with van der Waals surface area (Å²) in [6.07, 6.45) is 6.20. The molecule has 0 saturated carbocycles. The second-order valence-corrected chi connectivity index (χ2v) is 5.44. The Bertz CT molecular complexity index is 397. The van der Waals surface area contributed by atoms with Crippen LogP contribution in [0.25, 0.3) is 0 Å². The van der Waals surface area contributed by atoms with Gasteiger partial charge in [-0.05, 0) is 39.7 Å². The van der Waals surface area contributed by atoms with Gasteiger partial charge in [0.15, 0.2) is 0 Å². The summed E-state index contributed by atoms with van der Waals surface area (Å²) < 4.78 is 2.04. The molecule has 1 atom stereocenters. The molecule has 1 fully saturated rings. The summed E-state index contributed by atoms with van der Waals surface area (Å²) in [7, 11) is 2.06. The lowest BCUT2D eigenvalue weighted by Crippen LogP contribution is -2.34. The van der Waals surface area contributed by atoms with Gasteiger partial charge in [-0.25, -0.2) is 0 Å². The Morgan fingerprint density at radius 1 is 1.33 bits per heavy atom. The van der Waals surface area contributed by atoms with Gasteiger partial charge in [0.05, 0.1) is 5.69 Å². The first-order valence-electron chi connectivity index (χ1n) is 7.14. The van der Waals surface area contributed by atoms with Crippen LogP contribution < -0.4 is 10.6 Å². The van der Waals surface area contributed by atoms with Crippen molar-refractivity contribution >= 4 is 5.82 Å². The molecule has 4 nitrogen and oxygen atoms in total. The van der Waals surface area contributed by atoms with E-state index in [2.05, 4.69) is 30.9 Å². The van der Waals surface area contributed by atoms with Gasteiger partial charge in [0.25, 0.3) is 0 Å². The minimum Gasteiger partial charge on any atom is -0.354 e. The van der Waals surface area contributed by atoms with Gasteiger partial charge in [0.1, 0.15) is 5.82 Å². The van der Waals surface area contributed by atoms with Crippen molar-refractivity contribution in [2.45, 2.75) is 52.0 Å². The molecule has 0 bridgehead atoms. The molecular weight excluding hydrogens is 224 g/mol. The highest BCUT2D eigenvalue weighted by molar-refractivity contribution is 5.51. The van der Waals surface area contributed by atoms with E-state index < -0.39 is 0 Å². The molecule has 1 saturated heterocycles. The fraction of sp³-hybridized carbons (Fsp3) is 0.786. The standard InChI is InChI=1S/C14H26N4/c1-11-7-5-4-6-10-18(11)14-13(8-9-15)12(2)16-17(14)3/h11H,4-10,15H2,1-3H3. The highest BCUT2D eigenvalue weighted by Crippen LogP contribution is 2.29. The Kier molecular flexibility index (Phi) is 4.27. The van der Waals surface area contributed by atoms with Gasteiger partial charge < -0.3 is 10.6 Å². The molecule has 1 aromatic rings. The number of aromatic nitrogens is 2. The van der Waals surface area contributed by atoms with Gasteiger partial charge in [-0.2, -0.15) is 5.10 Å². The van der Waals surface area contributed by atoms with Crippen LogP contribution in [0.3, 0.4) is 0 Å². The molecule has 1 aliphatic rings. The van der Waals surface area contributed by atoms with Crippen LogP contribution in [0.15, 0.2) is 0 Å². The van der Waals surface area contributed by atoms with Gasteiger partial charge in [0, 0.05) is 25.2 Å². The van der Waals surface area contributed by atoms with Crippen LogP contribution in [-0.4, -0.2) is 28.9 Å². The quantitative estimate of drug-likeness (QED) is 0.892. The van der Waals surface area contributed by atoms with Gasteiger partial charge in [-0.3, -0.25) is 4.68 Å². The molecule has 2 rings (SSSR count). The van der Waals surface area contributed by atoms with Crippen molar-refractivity contribution in [3.8, 4) is 0 Å². The van der Waals surface area contributed by atoms with Crippen molar-refractivity contribution < 1.29 is 0 Å². The van der Waals surface area contributed by atoms with Gasteiger partial charge in [-0.15, -0.1) is 0 Å². The van der Waals surface area contributed by atoms with Crippen molar-refractivity contribution in [2.24, 2.45) is 12.8 Å². The Labute approximate surface area is 110 Å². The van der Waals surface area contributed by atoms with E-state index in [0.717, 1.165) is 18.7 Å². The summed E-state index contributed by atoms with van der Waals surface area (Å²) in [5, 5.41) is 4.59. The van der Waals surface area contributed by atoms with Crippen LogP contribution in [0, 0.1) is 6.92 Å². The minimum absolute atomic E-state index is 0.610. The molecule has 0 aromatic carbocycles. The zero-order valence-electron chi connectivity index (χ0n) is 11.9. The van der Waals surface area contributed by atoms with Crippen molar-refractivity contribution in [2.75, 3.05) is 18.0 Å². The maximum absolute atomic E-state index is 5.75. The fourth-order valence-electron chi connectivity index (χ4n) is 3.08. The molecule has 1 aliphatic heterocycles. The number of anilines is 1. The molecule has 0 spiro atoms. The average molecular weight is 250 g/mol. The molecule has 1 aromatic heterocycles. The van der Waals surface area contributed by atoms with E-state index in [1.807, 2.05) is 4.68 Å². The highest BCUT2D eigenvalue weighted by atomic mass is 15.4. The zero-order valence-corrected chi connectivity index (χ0v) is 11.9. The minimum atomic E-state index is 0.610. The number of nitrogens with zero attached hydrogens (tertiary/aromatic N) is 3. The van der Waals surface area contributed by atoms with Crippen LogP contribution in [-0.2, 0) is 13.5 Å². The molecule has 0 aliphatic carbocycles. The number of hydrogen-bond donors (Lipinski definition) is 1. The van der Waals surface area contributed by atoms with E-state index in [1.54, 1.807) is 0 Å². The molecule has 2 heterocycles. The first-order chi connectivity index (χ1) is 8.65. The van der Waals surface area contributed by atoms with Crippen LogP contribution >= 0.6 is 0 Å². The number of aryl methyl sites for hydroxylation is 2. The SMILES string of the molecule is Cc1nn(C)c(N2CCCCCC2C)c1CCN. The predicted octanol–water partition coefficient (Wildman–Crippen LogP) is 2.00. The highest BCUT2D eigenvalue weighted by Gasteiger charge is 2.24. The molecule has 4 heteroatoms. The number of nitrogens with two attached hydrogens (primary N) is 1. The van der Waals surface area contributed by atoms with Crippen molar-refractivity contribution in [3.63, 3.8) is 0 Å². The smallest absolute Gasteiger partial charge is 0.130 e. The molecule has 18 heavy (non-hydrogen) atoms. The van der Waals surface area contributed by atoms with Crippen LogP contribution in [0.2, 0.25) is 0 Å².